The van der Waals surface area contributed by atoms with E-state index in [1.54, 1.807) is 0 Å². The van der Waals surface area contributed by atoms with Crippen molar-refractivity contribution in [3.8, 4) is 0 Å². The van der Waals surface area contributed by atoms with Crippen LogP contribution in [0.25, 0.3) is 0 Å². The summed E-state index contributed by atoms with van der Waals surface area (Å²) < 4.78 is 0. The highest BCUT2D eigenvalue weighted by atomic mass is 35.5. The van der Waals surface area contributed by atoms with Crippen LogP contribution in [-0.2, 0) is 0 Å². The van der Waals surface area contributed by atoms with Crippen LogP contribution < -0.4 is 0 Å². The highest BCUT2D eigenvalue weighted by Gasteiger charge is 2.08. The monoisotopic (exact) mass is 285 g/mol. The number of aryl methyl sites for hydroxylation is 2. The van der Waals surface area contributed by atoms with Crippen LogP contribution in [0.2, 0.25) is 10.4 Å². The standard InChI is InChI=1S/C11H9Cl2N3S/c1-6-3-4-8(5-7(6)2)17-10-9(12)15-16-11(13)14-10/h3-5H,1-2H3. The van der Waals surface area contributed by atoms with Gasteiger partial charge in [-0.25, -0.2) is 4.98 Å². The van der Waals surface area contributed by atoms with Gasteiger partial charge in [-0.2, -0.15) is 0 Å². The van der Waals surface area contributed by atoms with E-state index in [9.17, 15) is 0 Å². The minimum Gasteiger partial charge on any atom is -0.206 e. The molecule has 0 fully saturated rings. The Balaban J connectivity index is 2.31. The smallest absolute Gasteiger partial charge is 0.206 e. The molecule has 1 heterocycles. The lowest BCUT2D eigenvalue weighted by Crippen LogP contribution is -1.91. The summed E-state index contributed by atoms with van der Waals surface area (Å²) in [5, 5.41) is 8.21. The topological polar surface area (TPSA) is 38.7 Å². The van der Waals surface area contributed by atoms with Crippen LogP contribution in [-0.4, -0.2) is 15.2 Å². The zero-order valence-electron chi connectivity index (χ0n) is 9.24. The van der Waals surface area contributed by atoms with E-state index in [1.807, 2.05) is 6.07 Å². The summed E-state index contributed by atoms with van der Waals surface area (Å²) in [4.78, 5) is 5.09. The fraction of sp³-hybridized carbons (Fsp3) is 0.182. The van der Waals surface area contributed by atoms with E-state index in [4.69, 9.17) is 23.2 Å². The molecule has 0 amide bonds. The van der Waals surface area contributed by atoms with E-state index in [0.29, 0.717) is 5.03 Å². The summed E-state index contributed by atoms with van der Waals surface area (Å²) in [6.45, 7) is 4.13. The van der Waals surface area contributed by atoms with Crippen LogP contribution in [0, 0.1) is 13.8 Å². The minimum absolute atomic E-state index is 0.0979. The molecule has 1 aromatic heterocycles. The molecular formula is C11H9Cl2N3S. The number of rotatable bonds is 2. The van der Waals surface area contributed by atoms with Gasteiger partial charge < -0.3 is 0 Å². The van der Waals surface area contributed by atoms with Gasteiger partial charge >= 0.3 is 0 Å². The molecule has 0 atom stereocenters. The SMILES string of the molecule is Cc1ccc(Sc2nc(Cl)nnc2Cl)cc1C. The highest BCUT2D eigenvalue weighted by Crippen LogP contribution is 2.31. The number of hydrogen-bond donors (Lipinski definition) is 0. The Kier molecular flexibility index (Phi) is 3.86. The van der Waals surface area contributed by atoms with Gasteiger partial charge in [0, 0.05) is 4.90 Å². The maximum atomic E-state index is 5.90. The fourth-order valence-electron chi connectivity index (χ4n) is 1.23. The van der Waals surface area contributed by atoms with Crippen molar-refractivity contribution in [2.24, 2.45) is 0 Å². The van der Waals surface area contributed by atoms with Crippen LogP contribution in [0.15, 0.2) is 28.1 Å². The lowest BCUT2D eigenvalue weighted by molar-refractivity contribution is 0.904. The van der Waals surface area contributed by atoms with Gasteiger partial charge in [0.2, 0.25) is 5.28 Å². The van der Waals surface area contributed by atoms with Gasteiger partial charge in [-0.1, -0.05) is 29.4 Å². The zero-order chi connectivity index (χ0) is 12.4. The zero-order valence-corrected chi connectivity index (χ0v) is 11.6. The molecule has 2 aromatic rings. The molecule has 0 bridgehead atoms. The molecule has 1 aromatic carbocycles. The van der Waals surface area contributed by atoms with E-state index in [0.717, 1.165) is 4.90 Å². The fourth-order valence-corrected chi connectivity index (χ4v) is 2.45. The van der Waals surface area contributed by atoms with Crippen LogP contribution in [0.1, 0.15) is 11.1 Å². The first-order valence-corrected chi connectivity index (χ1v) is 6.44. The molecule has 0 saturated heterocycles. The second-order valence-corrected chi connectivity index (χ2v) is 5.28. The molecule has 0 aliphatic heterocycles. The summed E-state index contributed by atoms with van der Waals surface area (Å²) in [7, 11) is 0. The van der Waals surface area contributed by atoms with Gasteiger partial charge in [-0.3, -0.25) is 0 Å². The summed E-state index contributed by atoms with van der Waals surface area (Å²) in [5.74, 6) is 0. The minimum atomic E-state index is 0.0979. The molecule has 6 heteroatoms. The van der Waals surface area contributed by atoms with Gasteiger partial charge in [0.1, 0.15) is 5.03 Å². The van der Waals surface area contributed by atoms with Crippen molar-refractivity contribution >= 4 is 35.0 Å². The second-order valence-electron chi connectivity index (χ2n) is 3.52. The summed E-state index contributed by atoms with van der Waals surface area (Å²) in [6, 6.07) is 6.15. The van der Waals surface area contributed by atoms with Crippen molar-refractivity contribution in [3.05, 3.63) is 39.8 Å². The van der Waals surface area contributed by atoms with Crippen LogP contribution in [0.3, 0.4) is 0 Å². The third kappa shape index (κ3) is 3.09. The maximum absolute atomic E-state index is 5.90. The highest BCUT2D eigenvalue weighted by molar-refractivity contribution is 7.99. The van der Waals surface area contributed by atoms with E-state index in [-0.39, 0.29) is 10.4 Å². The maximum Gasteiger partial charge on any atom is 0.244 e. The Bertz CT molecular complexity index is 560. The van der Waals surface area contributed by atoms with Crippen molar-refractivity contribution in [1.82, 2.24) is 15.2 Å². The van der Waals surface area contributed by atoms with Crippen molar-refractivity contribution in [2.45, 2.75) is 23.8 Å². The number of aromatic nitrogens is 3. The molecule has 0 unspecified atom stereocenters. The summed E-state index contributed by atoms with van der Waals surface area (Å²) in [5.41, 5.74) is 2.47. The van der Waals surface area contributed by atoms with Crippen molar-refractivity contribution in [1.29, 1.82) is 0 Å². The average molecular weight is 286 g/mol. The van der Waals surface area contributed by atoms with Crippen LogP contribution in [0.5, 0.6) is 0 Å². The number of hydrogen-bond acceptors (Lipinski definition) is 4. The molecule has 3 nitrogen and oxygen atoms in total. The lowest BCUT2D eigenvalue weighted by Gasteiger charge is -2.05. The predicted octanol–water partition coefficient (Wildman–Crippen LogP) is 3.95. The Morgan fingerprint density at radius 2 is 1.82 bits per heavy atom. The van der Waals surface area contributed by atoms with E-state index < -0.39 is 0 Å². The lowest BCUT2D eigenvalue weighted by atomic mass is 10.1. The first-order valence-electron chi connectivity index (χ1n) is 4.87. The Morgan fingerprint density at radius 1 is 1.06 bits per heavy atom. The Morgan fingerprint density at radius 3 is 2.53 bits per heavy atom. The van der Waals surface area contributed by atoms with Crippen molar-refractivity contribution < 1.29 is 0 Å². The second kappa shape index (κ2) is 5.21. The Hall–Kier alpha value is -0.840. The number of halogens is 2. The average Bonchev–Trinajstić information content (AvgIpc) is 2.29. The third-order valence-electron chi connectivity index (χ3n) is 2.28. The predicted molar refractivity (Wildman–Crippen MR) is 69.9 cm³/mol. The first kappa shape index (κ1) is 12.6. The molecule has 0 aliphatic carbocycles. The summed E-state index contributed by atoms with van der Waals surface area (Å²) in [6.07, 6.45) is 0. The van der Waals surface area contributed by atoms with Gasteiger partial charge in [0.05, 0.1) is 0 Å². The number of nitrogens with zero attached hydrogens (tertiary/aromatic N) is 3. The van der Waals surface area contributed by atoms with E-state index >= 15 is 0 Å². The van der Waals surface area contributed by atoms with Crippen LogP contribution in [0.4, 0.5) is 0 Å². The van der Waals surface area contributed by atoms with Gasteiger partial charge in [-0.15, -0.1) is 10.2 Å². The van der Waals surface area contributed by atoms with E-state index in [2.05, 4.69) is 41.2 Å². The third-order valence-corrected chi connectivity index (χ3v) is 3.78. The van der Waals surface area contributed by atoms with Crippen molar-refractivity contribution in [3.63, 3.8) is 0 Å². The molecule has 0 spiro atoms. The number of benzene rings is 1. The first-order chi connectivity index (χ1) is 8.06. The largest absolute Gasteiger partial charge is 0.244 e. The normalized spacial score (nSPS) is 10.6. The molecule has 17 heavy (non-hydrogen) atoms. The van der Waals surface area contributed by atoms with Crippen LogP contribution >= 0.6 is 35.0 Å². The van der Waals surface area contributed by atoms with Gasteiger partial charge in [0.15, 0.2) is 5.15 Å². The molecule has 0 N–H and O–H groups in total. The Labute approximate surface area is 114 Å². The summed E-state index contributed by atoms with van der Waals surface area (Å²) >= 11 is 13.0. The molecular weight excluding hydrogens is 277 g/mol. The van der Waals surface area contributed by atoms with Gasteiger partial charge in [0.25, 0.3) is 0 Å². The molecule has 88 valence electrons. The quantitative estimate of drug-likeness (QED) is 0.838. The molecule has 0 aliphatic rings. The van der Waals surface area contributed by atoms with Crippen molar-refractivity contribution in [2.75, 3.05) is 0 Å². The molecule has 2 rings (SSSR count). The molecule has 0 radical (unpaired) electrons. The molecule has 0 saturated carbocycles. The van der Waals surface area contributed by atoms with Gasteiger partial charge in [-0.05, 0) is 48.7 Å². The van der Waals surface area contributed by atoms with E-state index in [1.165, 1.54) is 22.9 Å².